The van der Waals surface area contributed by atoms with Crippen LogP contribution in [0.5, 0.6) is 0 Å². The van der Waals surface area contributed by atoms with Crippen LogP contribution >= 0.6 is 0 Å². The van der Waals surface area contributed by atoms with E-state index in [0.717, 1.165) is 13.1 Å². The van der Waals surface area contributed by atoms with Crippen molar-refractivity contribution < 1.29 is 0 Å². The van der Waals surface area contributed by atoms with E-state index in [1.807, 2.05) is 10.9 Å². The predicted molar refractivity (Wildman–Crippen MR) is 74.3 cm³/mol. The summed E-state index contributed by atoms with van der Waals surface area (Å²) < 4.78 is 1.95. The van der Waals surface area contributed by atoms with Crippen LogP contribution in [0, 0.1) is 6.92 Å². The predicted octanol–water partition coefficient (Wildman–Crippen LogP) is 3.06. The molecular formula is C15H21N3. The molecule has 0 spiro atoms. The topological polar surface area (TPSA) is 29.9 Å². The average Bonchev–Trinajstić information content (AvgIpc) is 2.84. The second-order valence-corrected chi connectivity index (χ2v) is 4.72. The van der Waals surface area contributed by atoms with Gasteiger partial charge in [-0.25, -0.2) is 0 Å². The fraction of sp³-hybridized carbons (Fsp3) is 0.400. The molecule has 18 heavy (non-hydrogen) atoms. The molecule has 2 aromatic rings. The Hall–Kier alpha value is -1.61. The highest BCUT2D eigenvalue weighted by Crippen LogP contribution is 2.14. The molecule has 0 bridgehead atoms. The minimum absolute atomic E-state index is 0.356. The molecule has 0 saturated carbocycles. The minimum Gasteiger partial charge on any atom is -0.306 e. The van der Waals surface area contributed by atoms with Crippen LogP contribution in [0.4, 0.5) is 0 Å². The largest absolute Gasteiger partial charge is 0.306 e. The van der Waals surface area contributed by atoms with E-state index < -0.39 is 0 Å². The summed E-state index contributed by atoms with van der Waals surface area (Å²) >= 11 is 0. The molecule has 1 atom stereocenters. The van der Waals surface area contributed by atoms with Crippen molar-refractivity contribution >= 4 is 0 Å². The fourth-order valence-corrected chi connectivity index (χ4v) is 2.00. The van der Waals surface area contributed by atoms with Gasteiger partial charge in [0.25, 0.3) is 0 Å². The van der Waals surface area contributed by atoms with Crippen molar-refractivity contribution in [1.82, 2.24) is 15.1 Å². The Morgan fingerprint density at radius 2 is 2.22 bits per heavy atom. The average molecular weight is 243 g/mol. The van der Waals surface area contributed by atoms with Crippen molar-refractivity contribution in [2.24, 2.45) is 0 Å². The van der Waals surface area contributed by atoms with Crippen LogP contribution in [0.3, 0.4) is 0 Å². The first-order chi connectivity index (χ1) is 8.69. The van der Waals surface area contributed by atoms with Gasteiger partial charge in [-0.2, -0.15) is 5.10 Å². The Bertz CT molecular complexity index is 502. The Morgan fingerprint density at radius 3 is 2.89 bits per heavy atom. The van der Waals surface area contributed by atoms with E-state index in [9.17, 15) is 0 Å². The molecule has 0 saturated heterocycles. The Morgan fingerprint density at radius 1 is 1.39 bits per heavy atom. The quantitative estimate of drug-likeness (QED) is 0.874. The first-order valence-electron chi connectivity index (χ1n) is 6.50. The maximum absolute atomic E-state index is 4.28. The summed E-state index contributed by atoms with van der Waals surface area (Å²) in [5.41, 5.74) is 3.87. The summed E-state index contributed by atoms with van der Waals surface area (Å²) in [7, 11) is 0. The molecule has 3 heteroatoms. The third-order valence-electron chi connectivity index (χ3n) is 3.17. The Kier molecular flexibility index (Phi) is 4.15. The smallest absolute Gasteiger partial charge is 0.0534 e. The van der Waals surface area contributed by atoms with Gasteiger partial charge in [0.2, 0.25) is 0 Å². The van der Waals surface area contributed by atoms with Crippen LogP contribution in [0.25, 0.3) is 0 Å². The van der Waals surface area contributed by atoms with Gasteiger partial charge in [-0.15, -0.1) is 0 Å². The summed E-state index contributed by atoms with van der Waals surface area (Å²) in [6, 6.07) is 8.99. The number of nitrogens with zero attached hydrogens (tertiary/aromatic N) is 2. The molecule has 0 aliphatic carbocycles. The van der Waals surface area contributed by atoms with Gasteiger partial charge in [0, 0.05) is 30.9 Å². The molecule has 0 amide bonds. The van der Waals surface area contributed by atoms with Crippen LogP contribution in [0.15, 0.2) is 36.7 Å². The minimum atomic E-state index is 0.356. The summed E-state index contributed by atoms with van der Waals surface area (Å²) in [6.45, 7) is 8.20. The molecule has 1 heterocycles. The molecule has 96 valence electrons. The number of aromatic nitrogens is 2. The third-order valence-corrected chi connectivity index (χ3v) is 3.17. The van der Waals surface area contributed by atoms with E-state index in [4.69, 9.17) is 0 Å². The number of rotatable bonds is 5. The zero-order chi connectivity index (χ0) is 13.0. The number of hydrogen-bond donors (Lipinski definition) is 1. The lowest BCUT2D eigenvalue weighted by atomic mass is 10.1. The van der Waals surface area contributed by atoms with Crippen LogP contribution in [0.1, 0.15) is 36.6 Å². The molecule has 0 radical (unpaired) electrons. The first-order valence-corrected chi connectivity index (χ1v) is 6.50. The molecule has 0 aliphatic rings. The van der Waals surface area contributed by atoms with Gasteiger partial charge in [0.05, 0.1) is 6.20 Å². The molecule has 1 aromatic heterocycles. The number of benzene rings is 1. The van der Waals surface area contributed by atoms with Gasteiger partial charge >= 0.3 is 0 Å². The third kappa shape index (κ3) is 3.20. The monoisotopic (exact) mass is 243 g/mol. The van der Waals surface area contributed by atoms with Crippen LogP contribution in [0.2, 0.25) is 0 Å². The second-order valence-electron chi connectivity index (χ2n) is 4.72. The maximum atomic E-state index is 4.28. The van der Waals surface area contributed by atoms with E-state index in [1.54, 1.807) is 0 Å². The van der Waals surface area contributed by atoms with Gasteiger partial charge in [0.1, 0.15) is 0 Å². The van der Waals surface area contributed by atoms with Gasteiger partial charge < -0.3 is 5.32 Å². The molecule has 2 rings (SSSR count). The van der Waals surface area contributed by atoms with Crippen molar-refractivity contribution in [3.05, 3.63) is 53.3 Å². The van der Waals surface area contributed by atoms with Crippen molar-refractivity contribution in [2.45, 2.75) is 39.9 Å². The van der Waals surface area contributed by atoms with Crippen LogP contribution < -0.4 is 5.32 Å². The van der Waals surface area contributed by atoms with Crippen molar-refractivity contribution in [2.75, 3.05) is 0 Å². The lowest BCUT2D eigenvalue weighted by molar-refractivity contribution is 0.573. The molecule has 0 aliphatic heterocycles. The number of hydrogen-bond acceptors (Lipinski definition) is 2. The van der Waals surface area contributed by atoms with E-state index in [0.29, 0.717) is 6.04 Å². The molecule has 0 fully saturated rings. The SMILES string of the molecule is CCn1cc(CN[C@H](C)c2cccc(C)c2)cn1. The molecular weight excluding hydrogens is 222 g/mol. The summed E-state index contributed by atoms with van der Waals surface area (Å²) in [5, 5.41) is 7.80. The highest BCUT2D eigenvalue weighted by molar-refractivity contribution is 5.24. The number of nitrogens with one attached hydrogen (secondary N) is 1. The standard InChI is InChI=1S/C15H21N3/c1-4-18-11-14(10-17-18)9-16-13(3)15-7-5-6-12(2)8-15/h5-8,10-11,13,16H,4,9H2,1-3H3/t13-/m1/s1. The highest BCUT2D eigenvalue weighted by Gasteiger charge is 2.05. The Labute approximate surface area is 109 Å². The second kappa shape index (κ2) is 5.83. The zero-order valence-electron chi connectivity index (χ0n) is 11.4. The van der Waals surface area contributed by atoms with Crippen molar-refractivity contribution in [3.63, 3.8) is 0 Å². The molecule has 1 N–H and O–H groups in total. The summed E-state index contributed by atoms with van der Waals surface area (Å²) in [5.74, 6) is 0. The van der Waals surface area contributed by atoms with E-state index in [1.165, 1.54) is 16.7 Å². The zero-order valence-corrected chi connectivity index (χ0v) is 11.4. The molecule has 1 aromatic carbocycles. The van der Waals surface area contributed by atoms with Gasteiger partial charge in [-0.1, -0.05) is 29.8 Å². The molecule has 0 unspecified atom stereocenters. The first kappa shape index (κ1) is 12.8. The normalized spacial score (nSPS) is 12.6. The maximum Gasteiger partial charge on any atom is 0.0534 e. The molecule has 3 nitrogen and oxygen atoms in total. The van der Waals surface area contributed by atoms with E-state index in [2.05, 4.69) is 61.6 Å². The number of aryl methyl sites for hydroxylation is 2. The summed E-state index contributed by atoms with van der Waals surface area (Å²) in [4.78, 5) is 0. The van der Waals surface area contributed by atoms with Crippen molar-refractivity contribution in [1.29, 1.82) is 0 Å². The van der Waals surface area contributed by atoms with Gasteiger partial charge in [-0.05, 0) is 26.3 Å². The van der Waals surface area contributed by atoms with E-state index >= 15 is 0 Å². The highest BCUT2D eigenvalue weighted by atomic mass is 15.3. The summed E-state index contributed by atoms with van der Waals surface area (Å²) in [6.07, 6.45) is 4.02. The van der Waals surface area contributed by atoms with Crippen molar-refractivity contribution in [3.8, 4) is 0 Å². The van der Waals surface area contributed by atoms with E-state index in [-0.39, 0.29) is 0 Å². The van der Waals surface area contributed by atoms with Crippen LogP contribution in [-0.2, 0) is 13.1 Å². The Balaban J connectivity index is 1.93. The lowest BCUT2D eigenvalue weighted by Gasteiger charge is -2.14. The van der Waals surface area contributed by atoms with Gasteiger partial charge in [-0.3, -0.25) is 4.68 Å². The fourth-order valence-electron chi connectivity index (χ4n) is 2.00. The van der Waals surface area contributed by atoms with Crippen LogP contribution in [-0.4, -0.2) is 9.78 Å². The lowest BCUT2D eigenvalue weighted by Crippen LogP contribution is -2.17. The van der Waals surface area contributed by atoms with Gasteiger partial charge in [0.15, 0.2) is 0 Å².